The molecule has 1 aromatic heterocycles. The first-order valence-electron chi connectivity index (χ1n) is 7.86. The van der Waals surface area contributed by atoms with E-state index in [2.05, 4.69) is 15.3 Å². The summed E-state index contributed by atoms with van der Waals surface area (Å²) in [5.74, 6) is 1.03. The molecule has 0 saturated carbocycles. The smallest absolute Gasteiger partial charge is 0.198 e. The van der Waals surface area contributed by atoms with Crippen molar-refractivity contribution in [3.63, 3.8) is 0 Å². The van der Waals surface area contributed by atoms with Gasteiger partial charge in [0.1, 0.15) is 6.33 Å². The third kappa shape index (κ3) is 4.09. The molecule has 0 unspecified atom stereocenters. The van der Waals surface area contributed by atoms with Crippen molar-refractivity contribution in [1.29, 1.82) is 0 Å². The van der Waals surface area contributed by atoms with Gasteiger partial charge in [0.05, 0.1) is 19.3 Å². The summed E-state index contributed by atoms with van der Waals surface area (Å²) in [6, 6.07) is 7.85. The normalized spacial score (nSPS) is 20.6. The molecule has 0 radical (unpaired) electrons. The van der Waals surface area contributed by atoms with Crippen molar-refractivity contribution in [3.05, 3.63) is 46.3 Å². The lowest BCUT2D eigenvalue weighted by atomic mass is 9.98. The lowest BCUT2D eigenvalue weighted by molar-refractivity contribution is -0.0442. The van der Waals surface area contributed by atoms with Gasteiger partial charge < -0.3 is 14.8 Å². The first kappa shape index (κ1) is 17.3. The minimum atomic E-state index is 0.0953. The standard InChI is InChI=1S/C17H19Cl2N3O2/c1-23-15-16(19)21-10-22-17(15)20-9-13-3-2-4-14(24-13)11-5-7-12(18)8-6-11/h5-8,10,13-14H,2-4,9H2,1H3,(H,20,21,22)/t13-,14+/m0/s1. The number of nitrogens with zero attached hydrogens (tertiary/aromatic N) is 2. The lowest BCUT2D eigenvalue weighted by Gasteiger charge is -2.30. The van der Waals surface area contributed by atoms with Gasteiger partial charge in [-0.2, -0.15) is 0 Å². The fourth-order valence-corrected chi connectivity index (χ4v) is 3.18. The van der Waals surface area contributed by atoms with Crippen LogP contribution in [0.1, 0.15) is 30.9 Å². The van der Waals surface area contributed by atoms with Crippen molar-refractivity contribution in [3.8, 4) is 5.75 Å². The molecule has 7 heteroatoms. The quantitative estimate of drug-likeness (QED) is 0.787. The Morgan fingerprint density at radius 1 is 1.21 bits per heavy atom. The summed E-state index contributed by atoms with van der Waals surface area (Å²) in [6.45, 7) is 0.633. The molecule has 0 spiro atoms. The highest BCUT2D eigenvalue weighted by Crippen LogP contribution is 2.33. The molecular formula is C17H19Cl2N3O2. The van der Waals surface area contributed by atoms with Gasteiger partial charge in [-0.25, -0.2) is 9.97 Å². The number of halogens is 2. The Balaban J connectivity index is 1.62. The molecule has 2 atom stereocenters. The van der Waals surface area contributed by atoms with E-state index in [9.17, 15) is 0 Å². The van der Waals surface area contributed by atoms with Crippen molar-refractivity contribution in [2.75, 3.05) is 19.0 Å². The van der Waals surface area contributed by atoms with Crippen LogP contribution in [-0.2, 0) is 4.74 Å². The zero-order valence-electron chi connectivity index (χ0n) is 13.3. The third-order valence-corrected chi connectivity index (χ3v) is 4.57. The fourth-order valence-electron chi connectivity index (χ4n) is 2.84. The van der Waals surface area contributed by atoms with E-state index >= 15 is 0 Å². The van der Waals surface area contributed by atoms with Crippen LogP contribution >= 0.6 is 23.2 Å². The second-order valence-electron chi connectivity index (χ2n) is 5.66. The topological polar surface area (TPSA) is 56.3 Å². The largest absolute Gasteiger partial charge is 0.490 e. The Morgan fingerprint density at radius 3 is 2.75 bits per heavy atom. The summed E-state index contributed by atoms with van der Waals surface area (Å²) in [5, 5.41) is 4.28. The number of methoxy groups -OCH3 is 1. The predicted octanol–water partition coefficient (Wildman–Crippen LogP) is 4.51. The highest BCUT2D eigenvalue weighted by molar-refractivity contribution is 6.31. The van der Waals surface area contributed by atoms with Crippen LogP contribution in [0, 0.1) is 0 Å². The van der Waals surface area contributed by atoms with Gasteiger partial charge in [0.25, 0.3) is 0 Å². The molecule has 2 heterocycles. The Labute approximate surface area is 151 Å². The average Bonchev–Trinajstić information content (AvgIpc) is 2.61. The maximum Gasteiger partial charge on any atom is 0.198 e. The van der Waals surface area contributed by atoms with E-state index in [4.69, 9.17) is 32.7 Å². The molecule has 1 saturated heterocycles. The van der Waals surface area contributed by atoms with Gasteiger partial charge in [0, 0.05) is 11.6 Å². The second kappa shape index (κ2) is 8.01. The van der Waals surface area contributed by atoms with Crippen molar-refractivity contribution < 1.29 is 9.47 Å². The maximum absolute atomic E-state index is 6.22. The number of hydrogen-bond donors (Lipinski definition) is 1. The number of ether oxygens (including phenoxy) is 2. The summed E-state index contributed by atoms with van der Waals surface area (Å²) in [4.78, 5) is 8.09. The van der Waals surface area contributed by atoms with E-state index in [1.165, 1.54) is 6.33 Å². The van der Waals surface area contributed by atoms with Crippen LogP contribution in [0.3, 0.4) is 0 Å². The van der Waals surface area contributed by atoms with E-state index in [-0.39, 0.29) is 12.2 Å². The van der Waals surface area contributed by atoms with Crippen molar-refractivity contribution in [1.82, 2.24) is 9.97 Å². The van der Waals surface area contributed by atoms with Crippen molar-refractivity contribution in [2.45, 2.75) is 31.5 Å². The molecule has 0 amide bonds. The molecule has 1 aliphatic rings. The molecule has 128 valence electrons. The van der Waals surface area contributed by atoms with Crippen molar-refractivity contribution in [2.24, 2.45) is 0 Å². The molecule has 1 fully saturated rings. The van der Waals surface area contributed by atoms with E-state index < -0.39 is 0 Å². The summed E-state index contributed by atoms with van der Waals surface area (Å²) < 4.78 is 11.5. The number of hydrogen-bond acceptors (Lipinski definition) is 5. The van der Waals surface area contributed by atoms with Gasteiger partial charge in [0.15, 0.2) is 16.7 Å². The van der Waals surface area contributed by atoms with E-state index in [1.807, 2.05) is 24.3 Å². The molecule has 0 aliphatic carbocycles. The zero-order valence-corrected chi connectivity index (χ0v) is 14.8. The number of nitrogens with one attached hydrogen (secondary N) is 1. The summed E-state index contributed by atoms with van der Waals surface area (Å²) in [6.07, 6.45) is 4.72. The Bertz CT molecular complexity index is 682. The Kier molecular flexibility index (Phi) is 5.76. The van der Waals surface area contributed by atoms with Crippen LogP contribution in [0.4, 0.5) is 5.82 Å². The SMILES string of the molecule is COc1c(Cl)ncnc1NC[C@@H]1CCC[C@H](c2ccc(Cl)cc2)O1. The Morgan fingerprint density at radius 2 is 2.00 bits per heavy atom. The Hall–Kier alpha value is -1.56. The molecular weight excluding hydrogens is 349 g/mol. The first-order valence-corrected chi connectivity index (χ1v) is 8.62. The predicted molar refractivity (Wildman–Crippen MR) is 95.0 cm³/mol. The van der Waals surface area contributed by atoms with Gasteiger partial charge >= 0.3 is 0 Å². The third-order valence-electron chi connectivity index (χ3n) is 4.05. The van der Waals surface area contributed by atoms with Gasteiger partial charge in [-0.3, -0.25) is 0 Å². The highest BCUT2D eigenvalue weighted by atomic mass is 35.5. The monoisotopic (exact) mass is 367 g/mol. The van der Waals surface area contributed by atoms with Crippen LogP contribution in [0.25, 0.3) is 0 Å². The minimum Gasteiger partial charge on any atom is -0.490 e. The molecule has 1 N–H and O–H groups in total. The molecule has 1 aromatic carbocycles. The highest BCUT2D eigenvalue weighted by Gasteiger charge is 2.24. The average molecular weight is 368 g/mol. The van der Waals surface area contributed by atoms with Crippen LogP contribution in [0.5, 0.6) is 5.75 Å². The fraction of sp³-hybridized carbons (Fsp3) is 0.412. The van der Waals surface area contributed by atoms with Crippen LogP contribution in [0.15, 0.2) is 30.6 Å². The summed E-state index contributed by atoms with van der Waals surface area (Å²) >= 11 is 12.0. The first-order chi connectivity index (χ1) is 11.7. The molecule has 5 nitrogen and oxygen atoms in total. The molecule has 2 aromatic rings. The van der Waals surface area contributed by atoms with Crippen LogP contribution in [-0.4, -0.2) is 29.7 Å². The van der Waals surface area contributed by atoms with Gasteiger partial charge in [-0.15, -0.1) is 0 Å². The van der Waals surface area contributed by atoms with E-state index in [0.29, 0.717) is 23.3 Å². The molecule has 24 heavy (non-hydrogen) atoms. The lowest BCUT2D eigenvalue weighted by Crippen LogP contribution is -2.29. The number of anilines is 1. The number of benzene rings is 1. The van der Waals surface area contributed by atoms with Gasteiger partial charge in [-0.05, 0) is 37.0 Å². The summed E-state index contributed by atoms with van der Waals surface area (Å²) in [7, 11) is 1.55. The number of rotatable bonds is 5. The zero-order chi connectivity index (χ0) is 16.9. The maximum atomic E-state index is 6.22. The van der Waals surface area contributed by atoms with Crippen LogP contribution in [0.2, 0.25) is 10.2 Å². The molecule has 0 bridgehead atoms. The van der Waals surface area contributed by atoms with Crippen LogP contribution < -0.4 is 10.1 Å². The second-order valence-corrected chi connectivity index (χ2v) is 6.45. The molecule has 3 rings (SSSR count). The van der Waals surface area contributed by atoms with Crippen molar-refractivity contribution >= 4 is 29.0 Å². The van der Waals surface area contributed by atoms with E-state index in [1.54, 1.807) is 7.11 Å². The van der Waals surface area contributed by atoms with Gasteiger partial charge in [-0.1, -0.05) is 35.3 Å². The van der Waals surface area contributed by atoms with Gasteiger partial charge in [0.2, 0.25) is 0 Å². The number of aromatic nitrogens is 2. The molecule has 1 aliphatic heterocycles. The minimum absolute atomic E-state index is 0.0953. The summed E-state index contributed by atoms with van der Waals surface area (Å²) in [5.41, 5.74) is 1.16. The van der Waals surface area contributed by atoms with E-state index in [0.717, 1.165) is 29.8 Å².